The van der Waals surface area contributed by atoms with Gasteiger partial charge < -0.3 is 14.6 Å². The Morgan fingerprint density at radius 2 is 1.95 bits per heavy atom. The highest BCUT2D eigenvalue weighted by molar-refractivity contribution is 5.20. The van der Waals surface area contributed by atoms with Gasteiger partial charge in [0.2, 0.25) is 0 Å². The van der Waals surface area contributed by atoms with Gasteiger partial charge in [0.25, 0.3) is 0 Å². The average molecular weight is 286 g/mol. The van der Waals surface area contributed by atoms with Crippen molar-refractivity contribution < 1.29 is 4.74 Å². The summed E-state index contributed by atoms with van der Waals surface area (Å²) in [5, 5.41) is 3.54. The van der Waals surface area contributed by atoms with Crippen molar-refractivity contribution in [3.05, 3.63) is 54.4 Å². The Kier molecular flexibility index (Phi) is 6.35. The molecule has 0 amide bonds. The minimum absolute atomic E-state index is 0.398. The molecule has 0 saturated heterocycles. The number of aromatic nitrogens is 1. The molecular weight excluding hydrogens is 260 g/mol. The number of nitrogens with one attached hydrogen (secondary N) is 1. The van der Waals surface area contributed by atoms with Gasteiger partial charge in [-0.3, -0.25) is 0 Å². The summed E-state index contributed by atoms with van der Waals surface area (Å²) in [5.41, 5.74) is 1.35. The van der Waals surface area contributed by atoms with E-state index >= 15 is 0 Å². The van der Waals surface area contributed by atoms with E-state index in [0.717, 1.165) is 38.3 Å². The van der Waals surface area contributed by atoms with Crippen molar-refractivity contribution in [2.24, 2.45) is 0 Å². The summed E-state index contributed by atoms with van der Waals surface area (Å²) in [7, 11) is 0. The second kappa shape index (κ2) is 8.53. The molecular formula is C18H26N2O. The molecule has 0 bridgehead atoms. The highest BCUT2D eigenvalue weighted by Crippen LogP contribution is 2.14. The van der Waals surface area contributed by atoms with Gasteiger partial charge >= 0.3 is 0 Å². The van der Waals surface area contributed by atoms with E-state index in [-0.39, 0.29) is 0 Å². The monoisotopic (exact) mass is 286 g/mol. The molecule has 1 N–H and O–H groups in total. The van der Waals surface area contributed by atoms with Gasteiger partial charge in [0.05, 0.1) is 6.61 Å². The van der Waals surface area contributed by atoms with Crippen LogP contribution in [0.15, 0.2) is 48.7 Å². The first-order valence-corrected chi connectivity index (χ1v) is 7.87. The smallest absolute Gasteiger partial charge is 0.119 e. The van der Waals surface area contributed by atoms with Crippen molar-refractivity contribution >= 4 is 0 Å². The molecule has 1 unspecified atom stereocenters. The van der Waals surface area contributed by atoms with Crippen LogP contribution in [-0.2, 0) is 6.54 Å². The van der Waals surface area contributed by atoms with Crippen LogP contribution in [0.1, 0.15) is 38.4 Å². The van der Waals surface area contributed by atoms with Gasteiger partial charge in [-0.05, 0) is 50.6 Å². The summed E-state index contributed by atoms with van der Waals surface area (Å²) in [5.74, 6) is 0.947. The van der Waals surface area contributed by atoms with E-state index in [1.165, 1.54) is 5.69 Å². The van der Waals surface area contributed by atoms with Gasteiger partial charge in [0, 0.05) is 24.5 Å². The summed E-state index contributed by atoms with van der Waals surface area (Å²) in [6, 6.07) is 14.7. The Labute approximate surface area is 127 Å². The van der Waals surface area contributed by atoms with Crippen LogP contribution < -0.4 is 10.1 Å². The van der Waals surface area contributed by atoms with E-state index in [0.29, 0.717) is 6.04 Å². The van der Waals surface area contributed by atoms with Crippen LogP contribution in [0.25, 0.3) is 0 Å². The molecule has 0 radical (unpaired) electrons. The third-order valence-corrected chi connectivity index (χ3v) is 3.56. The average Bonchev–Trinajstić information content (AvgIpc) is 2.99. The maximum Gasteiger partial charge on any atom is 0.119 e. The van der Waals surface area contributed by atoms with Gasteiger partial charge in [0.15, 0.2) is 0 Å². The number of aryl methyl sites for hydroxylation is 1. The number of para-hydroxylation sites is 1. The van der Waals surface area contributed by atoms with Crippen LogP contribution in [-0.4, -0.2) is 17.7 Å². The molecule has 2 rings (SSSR count). The maximum atomic E-state index is 5.74. The van der Waals surface area contributed by atoms with E-state index < -0.39 is 0 Å². The zero-order chi connectivity index (χ0) is 14.9. The van der Waals surface area contributed by atoms with Gasteiger partial charge in [-0.25, -0.2) is 0 Å². The second-order valence-electron chi connectivity index (χ2n) is 5.32. The van der Waals surface area contributed by atoms with Crippen LogP contribution in [0.2, 0.25) is 0 Å². The van der Waals surface area contributed by atoms with Gasteiger partial charge in [0.1, 0.15) is 5.75 Å². The van der Waals surface area contributed by atoms with E-state index in [9.17, 15) is 0 Å². The normalized spacial score (nSPS) is 12.3. The second-order valence-corrected chi connectivity index (χ2v) is 5.32. The van der Waals surface area contributed by atoms with E-state index in [2.05, 4.69) is 42.1 Å². The van der Waals surface area contributed by atoms with Crippen LogP contribution in [0.4, 0.5) is 0 Å². The van der Waals surface area contributed by atoms with E-state index in [1.807, 2.05) is 30.3 Å². The molecule has 21 heavy (non-hydrogen) atoms. The third-order valence-electron chi connectivity index (χ3n) is 3.56. The zero-order valence-corrected chi connectivity index (χ0v) is 13.1. The Morgan fingerprint density at radius 3 is 2.71 bits per heavy atom. The summed E-state index contributed by atoms with van der Waals surface area (Å²) in [4.78, 5) is 0. The Balaban J connectivity index is 1.77. The van der Waals surface area contributed by atoms with E-state index in [4.69, 9.17) is 4.74 Å². The van der Waals surface area contributed by atoms with Gasteiger partial charge in [-0.2, -0.15) is 0 Å². The first-order chi connectivity index (χ1) is 10.3. The molecule has 0 saturated carbocycles. The Bertz CT molecular complexity index is 507. The van der Waals surface area contributed by atoms with Crippen molar-refractivity contribution in [3.63, 3.8) is 0 Å². The van der Waals surface area contributed by atoms with E-state index in [1.54, 1.807) is 0 Å². The molecule has 0 aliphatic heterocycles. The maximum absolute atomic E-state index is 5.74. The Morgan fingerprint density at radius 1 is 1.14 bits per heavy atom. The van der Waals surface area contributed by atoms with Crippen LogP contribution >= 0.6 is 0 Å². The fourth-order valence-corrected chi connectivity index (χ4v) is 2.43. The third kappa shape index (κ3) is 4.94. The lowest BCUT2D eigenvalue weighted by Gasteiger charge is -2.17. The fraction of sp³-hybridized carbons (Fsp3) is 0.444. The first kappa shape index (κ1) is 15.6. The first-order valence-electron chi connectivity index (χ1n) is 7.87. The Hall–Kier alpha value is -1.74. The minimum atomic E-state index is 0.398. The molecule has 0 fully saturated rings. The summed E-state index contributed by atoms with van der Waals surface area (Å²) in [6.07, 6.45) is 4.33. The number of nitrogens with zero attached hydrogens (tertiary/aromatic N) is 1. The SMILES string of the molecule is CCCNC(C)c1cccn1CCCOc1ccccc1. The van der Waals surface area contributed by atoms with Crippen molar-refractivity contribution in [2.75, 3.05) is 13.2 Å². The molecule has 1 heterocycles. The summed E-state index contributed by atoms with van der Waals surface area (Å²) < 4.78 is 8.06. The van der Waals surface area contributed by atoms with Crippen molar-refractivity contribution in [1.29, 1.82) is 0 Å². The van der Waals surface area contributed by atoms with Crippen molar-refractivity contribution in [2.45, 2.75) is 39.3 Å². The molecule has 0 aliphatic rings. The lowest BCUT2D eigenvalue weighted by molar-refractivity contribution is 0.300. The predicted molar refractivity (Wildman–Crippen MR) is 87.7 cm³/mol. The van der Waals surface area contributed by atoms with Crippen LogP contribution in [0.3, 0.4) is 0 Å². The lowest BCUT2D eigenvalue weighted by Crippen LogP contribution is -2.22. The number of ether oxygens (including phenoxy) is 1. The molecule has 114 valence electrons. The van der Waals surface area contributed by atoms with Crippen LogP contribution in [0.5, 0.6) is 5.75 Å². The standard InChI is InChI=1S/C18H26N2O/c1-3-12-19-16(2)18-11-7-13-20(18)14-8-15-21-17-9-5-4-6-10-17/h4-7,9-11,13,16,19H,3,8,12,14-15H2,1-2H3. The zero-order valence-electron chi connectivity index (χ0n) is 13.1. The highest BCUT2D eigenvalue weighted by Gasteiger charge is 2.08. The summed E-state index contributed by atoms with van der Waals surface area (Å²) >= 11 is 0. The predicted octanol–water partition coefficient (Wildman–Crippen LogP) is 4.02. The molecule has 1 aromatic heterocycles. The molecule has 0 aliphatic carbocycles. The molecule has 0 spiro atoms. The molecule has 3 nitrogen and oxygen atoms in total. The fourth-order valence-electron chi connectivity index (χ4n) is 2.43. The topological polar surface area (TPSA) is 26.2 Å². The number of rotatable bonds is 9. The minimum Gasteiger partial charge on any atom is -0.494 e. The molecule has 2 aromatic rings. The summed E-state index contributed by atoms with van der Waals surface area (Å²) in [6.45, 7) is 7.22. The highest BCUT2D eigenvalue weighted by atomic mass is 16.5. The number of hydrogen-bond acceptors (Lipinski definition) is 2. The molecule has 1 atom stereocenters. The largest absolute Gasteiger partial charge is 0.494 e. The number of benzene rings is 1. The molecule has 1 aromatic carbocycles. The van der Waals surface area contributed by atoms with Crippen molar-refractivity contribution in [3.8, 4) is 5.75 Å². The molecule has 3 heteroatoms. The van der Waals surface area contributed by atoms with Crippen molar-refractivity contribution in [1.82, 2.24) is 9.88 Å². The van der Waals surface area contributed by atoms with Gasteiger partial charge in [-0.1, -0.05) is 25.1 Å². The van der Waals surface area contributed by atoms with Gasteiger partial charge in [-0.15, -0.1) is 0 Å². The lowest BCUT2D eigenvalue weighted by atomic mass is 10.2. The number of hydrogen-bond donors (Lipinski definition) is 1. The quantitative estimate of drug-likeness (QED) is 0.705. The van der Waals surface area contributed by atoms with Crippen LogP contribution in [0, 0.1) is 0 Å².